The first-order valence-corrected chi connectivity index (χ1v) is 16.7. The first-order chi connectivity index (χ1) is 20.5. The molecule has 236 valence electrons. The molecule has 0 aromatic heterocycles. The quantitative estimate of drug-likeness (QED) is 0.0642. The summed E-state index contributed by atoms with van der Waals surface area (Å²) < 4.78 is 23.1. The number of rotatable bonds is 25. The molecular weight excluding hydrogens is 548 g/mol. The number of carbonyl (C=O) groups excluding carboxylic acids is 1. The van der Waals surface area contributed by atoms with Crippen molar-refractivity contribution in [3.05, 3.63) is 47.5 Å². The maximum atomic E-state index is 12.2. The van der Waals surface area contributed by atoms with E-state index in [2.05, 4.69) is 13.5 Å². The molecule has 2 aromatic rings. The normalized spacial score (nSPS) is 11.9. The topological polar surface area (TPSA) is 54.0 Å². The van der Waals surface area contributed by atoms with E-state index in [-0.39, 0.29) is 13.2 Å². The van der Waals surface area contributed by atoms with Crippen LogP contribution in [-0.4, -0.2) is 39.0 Å². The summed E-state index contributed by atoms with van der Waals surface area (Å²) >= 11 is 6.53. The highest BCUT2D eigenvalue weighted by atomic mass is 35.5. The van der Waals surface area contributed by atoms with Crippen molar-refractivity contribution >= 4 is 28.3 Å². The summed E-state index contributed by atoms with van der Waals surface area (Å²) in [6, 6.07) is 9.48. The van der Waals surface area contributed by atoms with Crippen LogP contribution in [0.15, 0.2) is 42.5 Å². The third-order valence-corrected chi connectivity index (χ3v) is 7.89. The average Bonchev–Trinajstić information content (AvgIpc) is 2.99. The molecule has 0 heterocycles. The van der Waals surface area contributed by atoms with Crippen molar-refractivity contribution in [1.29, 1.82) is 0 Å². The molecule has 0 saturated heterocycles. The van der Waals surface area contributed by atoms with Crippen molar-refractivity contribution in [3.63, 3.8) is 0 Å². The highest BCUT2D eigenvalue weighted by Crippen LogP contribution is 2.39. The highest BCUT2D eigenvalue weighted by molar-refractivity contribution is 6.33. The number of benzene rings is 2. The van der Waals surface area contributed by atoms with Crippen molar-refractivity contribution in [1.82, 2.24) is 0 Å². The second kappa shape index (κ2) is 22.3. The van der Waals surface area contributed by atoms with Crippen LogP contribution in [-0.2, 0) is 14.3 Å². The van der Waals surface area contributed by atoms with Gasteiger partial charge in [0, 0.05) is 29.0 Å². The van der Waals surface area contributed by atoms with Crippen LogP contribution in [0.25, 0.3) is 10.8 Å². The number of hydrogen-bond acceptors (Lipinski definition) is 5. The number of ether oxygens (including phenoxy) is 4. The van der Waals surface area contributed by atoms with Crippen LogP contribution in [0.4, 0.5) is 0 Å². The average molecular weight is 603 g/mol. The molecule has 2 aromatic carbocycles. The van der Waals surface area contributed by atoms with Gasteiger partial charge in [-0.05, 0) is 13.3 Å². The fourth-order valence-corrected chi connectivity index (χ4v) is 5.37. The number of halogens is 1. The number of esters is 1. The van der Waals surface area contributed by atoms with Crippen LogP contribution in [0.5, 0.6) is 11.5 Å². The van der Waals surface area contributed by atoms with Crippen LogP contribution in [0, 0.1) is 0 Å². The van der Waals surface area contributed by atoms with Crippen LogP contribution < -0.4 is 9.47 Å². The molecule has 0 radical (unpaired) electrons. The molecule has 0 amide bonds. The summed E-state index contributed by atoms with van der Waals surface area (Å²) in [6.45, 7) is 8.61. The second-order valence-electron chi connectivity index (χ2n) is 11.4. The Morgan fingerprint density at radius 3 is 1.86 bits per heavy atom. The molecule has 0 spiro atoms. The molecule has 0 aliphatic carbocycles. The molecule has 1 unspecified atom stereocenters. The van der Waals surface area contributed by atoms with Gasteiger partial charge in [-0.2, -0.15) is 0 Å². The Morgan fingerprint density at radius 1 is 0.810 bits per heavy atom. The molecule has 42 heavy (non-hydrogen) atoms. The van der Waals surface area contributed by atoms with Gasteiger partial charge in [0.15, 0.2) is 6.10 Å². The van der Waals surface area contributed by atoms with Crippen molar-refractivity contribution in [2.24, 2.45) is 0 Å². The molecule has 6 heteroatoms. The summed E-state index contributed by atoms with van der Waals surface area (Å²) in [7, 11) is 1.61. The third kappa shape index (κ3) is 14.3. The predicted octanol–water partition coefficient (Wildman–Crippen LogP) is 10.6. The van der Waals surface area contributed by atoms with Crippen molar-refractivity contribution < 1.29 is 23.7 Å². The van der Waals surface area contributed by atoms with Gasteiger partial charge in [-0.1, -0.05) is 146 Å². The highest BCUT2D eigenvalue weighted by Gasteiger charge is 2.19. The number of methoxy groups -OCH3 is 1. The molecule has 1 atom stereocenters. The van der Waals surface area contributed by atoms with Crippen molar-refractivity contribution in [3.8, 4) is 11.5 Å². The van der Waals surface area contributed by atoms with E-state index in [4.69, 9.17) is 30.5 Å². The van der Waals surface area contributed by atoms with Crippen LogP contribution in [0.2, 0.25) is 5.02 Å². The molecule has 0 aliphatic heterocycles. The fraction of sp³-hybridized carbons (Fsp3) is 0.639. The van der Waals surface area contributed by atoms with Gasteiger partial charge in [-0.25, -0.2) is 4.79 Å². The van der Waals surface area contributed by atoms with Crippen LogP contribution >= 0.6 is 11.6 Å². The van der Waals surface area contributed by atoms with Gasteiger partial charge < -0.3 is 18.9 Å². The second-order valence-corrected chi connectivity index (χ2v) is 11.8. The van der Waals surface area contributed by atoms with E-state index in [1.807, 2.05) is 24.3 Å². The lowest BCUT2D eigenvalue weighted by Gasteiger charge is -2.20. The Bertz CT molecular complexity index is 1040. The SMILES string of the molecule is C=C(C)C(=O)OC(COCCCCCCCCCCCCCCCCCC)COc1c(Cl)cc(OC)c2ccccc12. The number of hydrogen-bond donors (Lipinski definition) is 0. The molecule has 2 rings (SSSR count). The summed E-state index contributed by atoms with van der Waals surface area (Å²) in [5.74, 6) is 0.748. The fourth-order valence-electron chi connectivity index (χ4n) is 5.11. The van der Waals surface area contributed by atoms with E-state index in [1.54, 1.807) is 20.1 Å². The Morgan fingerprint density at radius 2 is 1.33 bits per heavy atom. The van der Waals surface area contributed by atoms with E-state index in [0.717, 1.165) is 23.6 Å². The Labute approximate surface area is 260 Å². The third-order valence-electron chi connectivity index (χ3n) is 7.61. The van der Waals surface area contributed by atoms with Crippen molar-refractivity contribution in [2.45, 2.75) is 123 Å². The van der Waals surface area contributed by atoms with Crippen LogP contribution in [0.3, 0.4) is 0 Å². The zero-order chi connectivity index (χ0) is 30.4. The Hall–Kier alpha value is -2.24. The summed E-state index contributed by atoms with van der Waals surface area (Å²) in [6.07, 6.45) is 20.8. The van der Waals surface area contributed by atoms with E-state index in [9.17, 15) is 4.79 Å². The zero-order valence-corrected chi connectivity index (χ0v) is 27.3. The number of fused-ring (bicyclic) bond motifs is 1. The lowest BCUT2D eigenvalue weighted by molar-refractivity contribution is -0.149. The number of carbonyl (C=O) groups is 1. The van der Waals surface area contributed by atoms with Crippen molar-refractivity contribution in [2.75, 3.05) is 26.9 Å². The Kier molecular flexibility index (Phi) is 19.1. The monoisotopic (exact) mass is 602 g/mol. The smallest absolute Gasteiger partial charge is 0.333 e. The first-order valence-electron chi connectivity index (χ1n) is 16.3. The van der Waals surface area contributed by atoms with E-state index >= 15 is 0 Å². The summed E-state index contributed by atoms with van der Waals surface area (Å²) in [4.78, 5) is 12.2. The van der Waals surface area contributed by atoms with Gasteiger partial charge in [-0.3, -0.25) is 0 Å². The lowest BCUT2D eigenvalue weighted by Crippen LogP contribution is -2.30. The predicted molar refractivity (Wildman–Crippen MR) is 176 cm³/mol. The molecule has 0 fully saturated rings. The van der Waals surface area contributed by atoms with Gasteiger partial charge in [-0.15, -0.1) is 0 Å². The summed E-state index contributed by atoms with van der Waals surface area (Å²) in [5, 5.41) is 2.17. The minimum atomic E-state index is -0.577. The standard InChI is InChI=1S/C36H55ClO5/c1-5-6-7-8-9-10-11-12-13-14-15-16-17-18-19-22-25-40-27-30(42-36(38)29(2)3)28-41-35-32-24-21-20-23-31(32)34(39-4)26-33(35)37/h20-21,23-24,26,30H,2,5-19,22,25,27-28H2,1,3-4H3. The largest absolute Gasteiger partial charge is 0.496 e. The van der Waals surface area contributed by atoms with Gasteiger partial charge in [0.2, 0.25) is 0 Å². The molecule has 0 bridgehead atoms. The lowest BCUT2D eigenvalue weighted by atomic mass is 10.0. The van der Waals surface area contributed by atoms with Gasteiger partial charge >= 0.3 is 5.97 Å². The van der Waals surface area contributed by atoms with E-state index in [0.29, 0.717) is 28.7 Å². The first kappa shape index (κ1) is 36.0. The molecule has 0 aliphatic rings. The molecule has 5 nitrogen and oxygen atoms in total. The van der Waals surface area contributed by atoms with Gasteiger partial charge in [0.1, 0.15) is 18.1 Å². The Balaban J connectivity index is 1.62. The zero-order valence-electron chi connectivity index (χ0n) is 26.5. The molecule has 0 N–H and O–H groups in total. The maximum Gasteiger partial charge on any atom is 0.333 e. The maximum absolute atomic E-state index is 12.2. The van der Waals surface area contributed by atoms with E-state index < -0.39 is 12.1 Å². The minimum Gasteiger partial charge on any atom is -0.496 e. The molecule has 0 saturated carbocycles. The van der Waals surface area contributed by atoms with Crippen LogP contribution in [0.1, 0.15) is 117 Å². The van der Waals surface area contributed by atoms with Gasteiger partial charge in [0.25, 0.3) is 0 Å². The minimum absolute atomic E-state index is 0.119. The molecular formula is C36H55ClO5. The summed E-state index contributed by atoms with van der Waals surface area (Å²) in [5.41, 5.74) is 0.339. The number of unbranched alkanes of at least 4 members (excludes halogenated alkanes) is 15. The van der Waals surface area contributed by atoms with E-state index in [1.165, 1.54) is 89.9 Å². The van der Waals surface area contributed by atoms with Gasteiger partial charge in [0.05, 0.1) is 18.7 Å².